The normalized spacial score (nSPS) is 17.0. The van der Waals surface area contributed by atoms with Crippen LogP contribution in [0.5, 0.6) is 0 Å². The zero-order valence-electron chi connectivity index (χ0n) is 12.6. The summed E-state index contributed by atoms with van der Waals surface area (Å²) in [4.78, 5) is 12.9. The fourth-order valence-electron chi connectivity index (χ4n) is 2.40. The SMILES string of the molecule is Cc1nccc(N2CCN(CCCOCC(F)(F)F)CC2)n1. The molecule has 5 nitrogen and oxygen atoms in total. The highest BCUT2D eigenvalue weighted by Gasteiger charge is 2.27. The fourth-order valence-corrected chi connectivity index (χ4v) is 2.40. The molecule has 1 aromatic rings. The molecular formula is C14H21F3N4O. The zero-order valence-corrected chi connectivity index (χ0v) is 12.6. The summed E-state index contributed by atoms with van der Waals surface area (Å²) in [5, 5.41) is 0. The van der Waals surface area contributed by atoms with Crippen molar-refractivity contribution >= 4 is 5.82 Å². The lowest BCUT2D eigenvalue weighted by Gasteiger charge is -2.35. The summed E-state index contributed by atoms with van der Waals surface area (Å²) in [5.41, 5.74) is 0. The van der Waals surface area contributed by atoms with E-state index in [0.717, 1.165) is 44.4 Å². The molecule has 0 saturated carbocycles. The van der Waals surface area contributed by atoms with Gasteiger partial charge in [-0.2, -0.15) is 13.2 Å². The molecule has 2 heterocycles. The van der Waals surface area contributed by atoms with Crippen LogP contribution in [0.2, 0.25) is 0 Å². The van der Waals surface area contributed by atoms with Crippen molar-refractivity contribution in [3.63, 3.8) is 0 Å². The first-order valence-electron chi connectivity index (χ1n) is 7.35. The third kappa shape index (κ3) is 5.76. The predicted molar refractivity (Wildman–Crippen MR) is 76.9 cm³/mol. The molecule has 0 aromatic carbocycles. The summed E-state index contributed by atoms with van der Waals surface area (Å²) < 4.78 is 40.4. The molecule has 0 N–H and O–H groups in total. The zero-order chi connectivity index (χ0) is 16.0. The van der Waals surface area contributed by atoms with Gasteiger partial charge in [-0.05, 0) is 19.4 Å². The molecule has 0 radical (unpaired) electrons. The van der Waals surface area contributed by atoms with Crippen LogP contribution in [0.4, 0.5) is 19.0 Å². The van der Waals surface area contributed by atoms with Gasteiger partial charge < -0.3 is 9.64 Å². The summed E-state index contributed by atoms with van der Waals surface area (Å²) in [6.45, 7) is 5.08. The van der Waals surface area contributed by atoms with E-state index in [0.29, 0.717) is 6.42 Å². The number of anilines is 1. The second-order valence-corrected chi connectivity index (χ2v) is 5.31. The van der Waals surface area contributed by atoms with E-state index in [9.17, 15) is 13.2 Å². The first-order chi connectivity index (χ1) is 10.4. The monoisotopic (exact) mass is 318 g/mol. The Labute approximate surface area is 128 Å². The number of aromatic nitrogens is 2. The molecule has 1 saturated heterocycles. The van der Waals surface area contributed by atoms with Crippen molar-refractivity contribution in [3.05, 3.63) is 18.1 Å². The average molecular weight is 318 g/mol. The van der Waals surface area contributed by atoms with Crippen LogP contribution in [-0.4, -0.2) is 67.0 Å². The second-order valence-electron chi connectivity index (χ2n) is 5.31. The lowest BCUT2D eigenvalue weighted by atomic mass is 10.3. The number of nitrogens with zero attached hydrogens (tertiary/aromatic N) is 4. The molecule has 124 valence electrons. The van der Waals surface area contributed by atoms with Gasteiger partial charge in [0.1, 0.15) is 18.2 Å². The van der Waals surface area contributed by atoms with Crippen molar-refractivity contribution < 1.29 is 17.9 Å². The molecule has 0 spiro atoms. The third-order valence-corrected chi connectivity index (χ3v) is 3.49. The Morgan fingerprint density at radius 1 is 1.23 bits per heavy atom. The van der Waals surface area contributed by atoms with Crippen LogP contribution in [0.25, 0.3) is 0 Å². The number of halogens is 3. The van der Waals surface area contributed by atoms with Crippen LogP contribution < -0.4 is 4.90 Å². The molecule has 0 unspecified atom stereocenters. The molecule has 1 fully saturated rings. The van der Waals surface area contributed by atoms with Crippen molar-refractivity contribution in [1.82, 2.24) is 14.9 Å². The number of piperazine rings is 1. The third-order valence-electron chi connectivity index (χ3n) is 3.49. The number of hydrogen-bond acceptors (Lipinski definition) is 5. The summed E-state index contributed by atoms with van der Waals surface area (Å²) in [6.07, 6.45) is -1.87. The van der Waals surface area contributed by atoms with Gasteiger partial charge in [0.2, 0.25) is 0 Å². The topological polar surface area (TPSA) is 41.5 Å². The van der Waals surface area contributed by atoms with Gasteiger partial charge in [-0.1, -0.05) is 0 Å². The summed E-state index contributed by atoms with van der Waals surface area (Å²) >= 11 is 0. The Morgan fingerprint density at radius 2 is 1.95 bits per heavy atom. The van der Waals surface area contributed by atoms with Crippen molar-refractivity contribution in [2.24, 2.45) is 0 Å². The summed E-state index contributed by atoms with van der Waals surface area (Å²) in [5.74, 6) is 1.68. The highest BCUT2D eigenvalue weighted by molar-refractivity contribution is 5.37. The number of rotatable bonds is 6. The van der Waals surface area contributed by atoms with Gasteiger partial charge >= 0.3 is 6.18 Å². The Morgan fingerprint density at radius 3 is 2.59 bits per heavy atom. The van der Waals surface area contributed by atoms with Gasteiger partial charge in [-0.15, -0.1) is 0 Å². The highest BCUT2D eigenvalue weighted by atomic mass is 19.4. The van der Waals surface area contributed by atoms with E-state index < -0.39 is 12.8 Å². The van der Waals surface area contributed by atoms with Gasteiger partial charge in [-0.25, -0.2) is 9.97 Å². The fraction of sp³-hybridized carbons (Fsp3) is 0.714. The van der Waals surface area contributed by atoms with Crippen molar-refractivity contribution in [2.75, 3.05) is 50.8 Å². The quantitative estimate of drug-likeness (QED) is 0.749. The molecule has 22 heavy (non-hydrogen) atoms. The molecule has 1 aliphatic rings. The second kappa shape index (κ2) is 7.73. The van der Waals surface area contributed by atoms with Crippen LogP contribution >= 0.6 is 0 Å². The molecule has 0 aliphatic carbocycles. The lowest BCUT2D eigenvalue weighted by molar-refractivity contribution is -0.174. The van der Waals surface area contributed by atoms with Crippen LogP contribution in [-0.2, 0) is 4.74 Å². The summed E-state index contributed by atoms with van der Waals surface area (Å²) in [6, 6.07) is 1.90. The van der Waals surface area contributed by atoms with Gasteiger partial charge in [0.05, 0.1) is 0 Å². The molecule has 1 aromatic heterocycles. The number of ether oxygens (including phenoxy) is 1. The summed E-state index contributed by atoms with van der Waals surface area (Å²) in [7, 11) is 0. The molecule has 0 atom stereocenters. The molecular weight excluding hydrogens is 297 g/mol. The van der Waals surface area contributed by atoms with Gasteiger partial charge in [0.25, 0.3) is 0 Å². The maximum absolute atomic E-state index is 11.9. The van der Waals surface area contributed by atoms with Crippen molar-refractivity contribution in [1.29, 1.82) is 0 Å². The van der Waals surface area contributed by atoms with Crippen LogP contribution in [0.15, 0.2) is 12.3 Å². The van der Waals surface area contributed by atoms with Crippen LogP contribution in [0, 0.1) is 6.92 Å². The van der Waals surface area contributed by atoms with E-state index in [2.05, 4.69) is 24.5 Å². The standard InChI is InChI=1S/C14H21F3N4O/c1-12-18-4-3-13(19-12)21-8-6-20(7-9-21)5-2-10-22-11-14(15,16)17/h3-4H,2,5-11H2,1H3. The first-order valence-corrected chi connectivity index (χ1v) is 7.35. The van der Waals surface area contributed by atoms with Crippen molar-refractivity contribution in [3.8, 4) is 0 Å². The molecule has 2 rings (SSSR count). The predicted octanol–water partition coefficient (Wildman–Crippen LogP) is 1.88. The minimum atomic E-state index is -4.23. The number of hydrogen-bond donors (Lipinski definition) is 0. The lowest BCUT2D eigenvalue weighted by Crippen LogP contribution is -2.47. The Hall–Kier alpha value is -1.41. The van der Waals surface area contributed by atoms with E-state index in [1.54, 1.807) is 6.20 Å². The Bertz CT molecular complexity index is 462. The van der Waals surface area contributed by atoms with E-state index in [1.807, 2.05) is 13.0 Å². The number of aryl methyl sites for hydroxylation is 1. The van der Waals surface area contributed by atoms with E-state index in [-0.39, 0.29) is 6.61 Å². The molecule has 0 bridgehead atoms. The maximum atomic E-state index is 11.9. The molecule has 8 heteroatoms. The minimum Gasteiger partial charge on any atom is -0.372 e. The van der Waals surface area contributed by atoms with Gasteiger partial charge in [0, 0.05) is 45.5 Å². The van der Waals surface area contributed by atoms with E-state index in [1.165, 1.54) is 0 Å². The van der Waals surface area contributed by atoms with Gasteiger partial charge in [-0.3, -0.25) is 4.90 Å². The van der Waals surface area contributed by atoms with Crippen LogP contribution in [0.3, 0.4) is 0 Å². The Balaban J connectivity index is 1.63. The van der Waals surface area contributed by atoms with Crippen molar-refractivity contribution in [2.45, 2.75) is 19.5 Å². The highest BCUT2D eigenvalue weighted by Crippen LogP contribution is 2.15. The van der Waals surface area contributed by atoms with Gasteiger partial charge in [0.15, 0.2) is 0 Å². The smallest absolute Gasteiger partial charge is 0.372 e. The Kier molecular flexibility index (Phi) is 5.96. The largest absolute Gasteiger partial charge is 0.411 e. The number of alkyl halides is 3. The maximum Gasteiger partial charge on any atom is 0.411 e. The average Bonchev–Trinajstić information content (AvgIpc) is 2.46. The molecule has 1 aliphatic heterocycles. The van der Waals surface area contributed by atoms with Crippen LogP contribution in [0.1, 0.15) is 12.2 Å². The first kappa shape index (κ1) is 17.0. The minimum absolute atomic E-state index is 0.144. The van der Waals surface area contributed by atoms with E-state index in [4.69, 9.17) is 0 Å². The molecule has 0 amide bonds. The van der Waals surface area contributed by atoms with E-state index >= 15 is 0 Å².